The summed E-state index contributed by atoms with van der Waals surface area (Å²) in [4.78, 5) is 44.6. The standard InChI is InChI=1S/C20H26N10O9P2S2/c21-16-14-17(24-6-23-16)30(7-25-14)13-3-10(11(38-13)5-35-40(32,33)42)39-41(34,43)36-4-9-1-2-12(37-9)29-8-26-15-18(29)27-20(22)28-19(15)31/h6-13H,1-5H2,(H,34,43)(H2,21,23,24)(H2,32,33,42)(H3,22,27,28,31)/t9-,10-,11+,12+,13+,41?/m0/s1. The molecule has 2 aliphatic rings. The molecular weight excluding hydrogens is 650 g/mol. The fourth-order valence-electron chi connectivity index (χ4n) is 4.93. The molecule has 232 valence electrons. The number of H-pyrrole nitrogens is 1. The summed E-state index contributed by atoms with van der Waals surface area (Å²) >= 11 is 7.67. The van der Waals surface area contributed by atoms with Crippen LogP contribution in [-0.2, 0) is 32.2 Å². The molecule has 23 heteroatoms. The fraction of sp³-hybridized carbons (Fsp3) is 0.500. The number of thiol groups is 2. The summed E-state index contributed by atoms with van der Waals surface area (Å²) in [6.07, 6.45) is 1.63. The van der Waals surface area contributed by atoms with E-state index in [1.165, 1.54) is 19.0 Å². The second-order valence-electron chi connectivity index (χ2n) is 9.71. The summed E-state index contributed by atoms with van der Waals surface area (Å²) in [5.74, 6) is 0.118. The summed E-state index contributed by atoms with van der Waals surface area (Å²) in [6, 6.07) is 0. The number of rotatable bonds is 10. The first-order valence-corrected chi connectivity index (χ1v) is 18.1. The van der Waals surface area contributed by atoms with E-state index in [0.717, 1.165) is 0 Å². The normalized spacial score (nSPS) is 27.1. The Bertz CT molecular complexity index is 1810. The van der Waals surface area contributed by atoms with Gasteiger partial charge >= 0.3 is 13.6 Å². The molecule has 6 rings (SSSR count). The van der Waals surface area contributed by atoms with Crippen LogP contribution < -0.4 is 17.0 Å². The lowest BCUT2D eigenvalue weighted by atomic mass is 10.2. The third kappa shape index (κ3) is 6.60. The van der Waals surface area contributed by atoms with Crippen LogP contribution in [0.1, 0.15) is 31.7 Å². The number of fused-ring (bicyclic) bond motifs is 2. The van der Waals surface area contributed by atoms with E-state index in [1.54, 1.807) is 9.13 Å². The van der Waals surface area contributed by atoms with E-state index in [2.05, 4.69) is 54.4 Å². The number of hydrogen-bond donors (Lipinski definition) is 6. The van der Waals surface area contributed by atoms with Crippen LogP contribution in [0.3, 0.4) is 0 Å². The Morgan fingerprint density at radius 1 is 1.00 bits per heavy atom. The lowest BCUT2D eigenvalue weighted by Gasteiger charge is -2.23. The number of nitrogens with one attached hydrogen (secondary N) is 1. The zero-order valence-corrected chi connectivity index (χ0v) is 25.5. The van der Waals surface area contributed by atoms with E-state index in [-0.39, 0.29) is 36.0 Å². The molecule has 0 spiro atoms. The molecule has 2 unspecified atom stereocenters. The minimum Gasteiger partial charge on any atom is -0.382 e. The molecule has 6 N–H and O–H groups in total. The maximum Gasteiger partial charge on any atom is 0.386 e. The number of nitrogen functional groups attached to an aromatic ring is 2. The number of imidazole rings is 2. The van der Waals surface area contributed by atoms with Crippen molar-refractivity contribution in [2.45, 2.75) is 50.0 Å². The molecule has 2 fully saturated rings. The highest BCUT2D eigenvalue weighted by atomic mass is 32.7. The van der Waals surface area contributed by atoms with Crippen LogP contribution in [0.25, 0.3) is 22.3 Å². The summed E-state index contributed by atoms with van der Waals surface area (Å²) in [7, 11) is 0. The minimum atomic E-state index is -4.17. The predicted octanol–water partition coefficient (Wildman–Crippen LogP) is 1.58. The first kappa shape index (κ1) is 30.4. The van der Waals surface area contributed by atoms with E-state index in [1.807, 2.05) is 0 Å². The number of aromatic nitrogens is 8. The number of ether oxygens (including phenoxy) is 2. The SMILES string of the molecule is Nc1nc2c(ncn2[C@H]2CC[C@@H](COP(=O)(S)O[C@H]3C[C@H](n4cnc5c(N)ncnc54)O[C@@H]3COP(=O)(O)S)O2)c(=O)[nH]1. The topological polar surface area (TPSA) is 260 Å². The molecule has 0 bridgehead atoms. The average molecular weight is 677 g/mol. The summed E-state index contributed by atoms with van der Waals surface area (Å²) in [5, 5.41) is 0. The lowest BCUT2D eigenvalue weighted by molar-refractivity contribution is -0.0389. The molecule has 0 radical (unpaired) electrons. The van der Waals surface area contributed by atoms with E-state index in [4.69, 9.17) is 34.5 Å². The van der Waals surface area contributed by atoms with Gasteiger partial charge in [-0.2, -0.15) is 4.98 Å². The van der Waals surface area contributed by atoms with Gasteiger partial charge in [0.2, 0.25) is 5.95 Å². The molecule has 0 amide bonds. The van der Waals surface area contributed by atoms with E-state index < -0.39 is 56.5 Å². The molecule has 19 nitrogen and oxygen atoms in total. The van der Waals surface area contributed by atoms with Crippen molar-refractivity contribution in [3.05, 3.63) is 29.3 Å². The monoisotopic (exact) mass is 676 g/mol. The van der Waals surface area contributed by atoms with E-state index >= 15 is 0 Å². The van der Waals surface area contributed by atoms with Crippen LogP contribution >= 0.6 is 38.1 Å². The summed E-state index contributed by atoms with van der Waals surface area (Å²) in [6.45, 7) is -8.74. The van der Waals surface area contributed by atoms with Gasteiger partial charge in [-0.25, -0.2) is 29.1 Å². The van der Waals surface area contributed by atoms with Crippen LogP contribution in [-0.4, -0.2) is 75.5 Å². The molecule has 2 saturated heterocycles. The maximum atomic E-state index is 13.3. The molecule has 43 heavy (non-hydrogen) atoms. The predicted molar refractivity (Wildman–Crippen MR) is 156 cm³/mol. The summed E-state index contributed by atoms with van der Waals surface area (Å²) in [5.41, 5.74) is 12.2. The Morgan fingerprint density at radius 2 is 1.74 bits per heavy atom. The van der Waals surface area contributed by atoms with Crippen molar-refractivity contribution < 1.29 is 37.1 Å². The molecule has 0 aliphatic carbocycles. The molecule has 7 atom stereocenters. The highest BCUT2D eigenvalue weighted by Gasteiger charge is 2.43. The zero-order valence-electron chi connectivity index (χ0n) is 21.9. The van der Waals surface area contributed by atoms with E-state index in [9.17, 15) is 18.8 Å². The maximum absolute atomic E-state index is 13.3. The second kappa shape index (κ2) is 11.7. The number of nitrogens with zero attached hydrogens (tertiary/aromatic N) is 7. The zero-order chi connectivity index (χ0) is 30.5. The molecule has 0 aromatic carbocycles. The first-order valence-electron chi connectivity index (χ1n) is 12.7. The number of anilines is 2. The number of nitrogens with two attached hydrogens (primary N) is 2. The van der Waals surface area contributed by atoms with E-state index in [0.29, 0.717) is 24.0 Å². The van der Waals surface area contributed by atoms with Crippen LogP contribution in [0.15, 0.2) is 23.8 Å². The Balaban J connectivity index is 1.11. The van der Waals surface area contributed by atoms with Crippen molar-refractivity contribution in [3.8, 4) is 0 Å². The molecule has 4 aromatic heterocycles. The van der Waals surface area contributed by atoms with Gasteiger partial charge < -0.3 is 25.8 Å². The third-order valence-electron chi connectivity index (χ3n) is 6.82. The quantitative estimate of drug-likeness (QED) is 0.103. The van der Waals surface area contributed by atoms with Crippen LogP contribution in [0.2, 0.25) is 0 Å². The van der Waals surface area contributed by atoms with Crippen molar-refractivity contribution >= 4 is 72.2 Å². The largest absolute Gasteiger partial charge is 0.386 e. The highest BCUT2D eigenvalue weighted by molar-refractivity contribution is 8.44. The lowest BCUT2D eigenvalue weighted by Crippen LogP contribution is -2.28. The number of hydrogen-bond acceptors (Lipinski definition) is 15. The second-order valence-corrected chi connectivity index (χ2v) is 15.3. The van der Waals surface area contributed by atoms with Crippen LogP contribution in [0.5, 0.6) is 0 Å². The van der Waals surface area contributed by atoms with Crippen LogP contribution in [0, 0.1) is 0 Å². The molecule has 6 heterocycles. The van der Waals surface area contributed by atoms with Gasteiger partial charge in [-0.1, -0.05) is 24.5 Å². The molecule has 4 aromatic rings. The molecule has 2 aliphatic heterocycles. The van der Waals surface area contributed by atoms with Crippen LogP contribution in [0.4, 0.5) is 11.8 Å². The van der Waals surface area contributed by atoms with Gasteiger partial charge in [0, 0.05) is 6.42 Å². The van der Waals surface area contributed by atoms with Gasteiger partial charge in [-0.3, -0.25) is 32.5 Å². The van der Waals surface area contributed by atoms with Gasteiger partial charge in [0.25, 0.3) is 5.56 Å². The fourth-order valence-corrected chi connectivity index (χ4v) is 7.01. The average Bonchev–Trinajstić information content (AvgIpc) is 3.71. The Labute approximate surface area is 252 Å². The molecular formula is C20H26N10O9P2S2. The van der Waals surface area contributed by atoms with Gasteiger partial charge in [0.1, 0.15) is 36.5 Å². The Kier molecular flexibility index (Phi) is 8.31. The Hall–Kier alpha value is -2.58. The third-order valence-corrected chi connectivity index (χ3v) is 9.30. The van der Waals surface area contributed by atoms with Gasteiger partial charge in [-0.05, 0) is 12.8 Å². The number of aromatic amines is 1. The first-order chi connectivity index (χ1) is 20.4. The van der Waals surface area contributed by atoms with Gasteiger partial charge in [-0.15, -0.1) is 0 Å². The van der Waals surface area contributed by atoms with Gasteiger partial charge in [0.15, 0.2) is 22.6 Å². The minimum absolute atomic E-state index is 0.0538. The highest BCUT2D eigenvalue weighted by Crippen LogP contribution is 2.57. The van der Waals surface area contributed by atoms with Crippen molar-refractivity contribution in [1.82, 2.24) is 39.0 Å². The van der Waals surface area contributed by atoms with Crippen molar-refractivity contribution in [2.75, 3.05) is 24.7 Å². The Morgan fingerprint density at radius 3 is 2.51 bits per heavy atom. The van der Waals surface area contributed by atoms with Crippen molar-refractivity contribution in [3.63, 3.8) is 0 Å². The van der Waals surface area contributed by atoms with Crippen molar-refractivity contribution in [2.24, 2.45) is 0 Å². The van der Waals surface area contributed by atoms with Crippen molar-refractivity contribution in [1.29, 1.82) is 0 Å². The smallest absolute Gasteiger partial charge is 0.382 e. The summed E-state index contributed by atoms with van der Waals surface area (Å²) < 4.78 is 56.4. The van der Waals surface area contributed by atoms with Gasteiger partial charge in [0.05, 0.1) is 32.0 Å². The molecule has 0 saturated carbocycles.